The van der Waals surface area contributed by atoms with Crippen molar-refractivity contribution in [1.29, 1.82) is 0 Å². The van der Waals surface area contributed by atoms with Gasteiger partial charge in [0.2, 0.25) is 0 Å². The molecule has 1 unspecified atom stereocenters. The van der Waals surface area contributed by atoms with Crippen LogP contribution >= 0.6 is 0 Å². The standard InChI is InChI=1S/C64H47N/c1-63(2)57-34-17-15-32-54(57)55-39-37-50(42-59(55)63)65(61-36-18-16-31-52(61)45-23-9-4-10-24-45)51-38-40-56-60(43-51)64(48-28-13-6-14-29-48,49-30-19-27-47(41-49)44-21-7-3-8-22-44)58-35-20-33-53(62(56)58)46-25-11-5-12-26-46/h3-43H,1-2H3. The highest BCUT2D eigenvalue weighted by Gasteiger charge is 2.47. The first kappa shape index (κ1) is 38.7. The van der Waals surface area contributed by atoms with Gasteiger partial charge in [-0.15, -0.1) is 0 Å². The van der Waals surface area contributed by atoms with Crippen molar-refractivity contribution in [2.45, 2.75) is 24.7 Å². The number of rotatable bonds is 8. The lowest BCUT2D eigenvalue weighted by Crippen LogP contribution is -2.29. The summed E-state index contributed by atoms with van der Waals surface area (Å²) in [7, 11) is 0. The van der Waals surface area contributed by atoms with Crippen LogP contribution in [0.1, 0.15) is 47.2 Å². The third kappa shape index (κ3) is 6.07. The van der Waals surface area contributed by atoms with Gasteiger partial charge in [0.1, 0.15) is 0 Å². The Morgan fingerprint density at radius 2 is 0.769 bits per heavy atom. The second kappa shape index (κ2) is 15.4. The molecule has 0 heterocycles. The first-order valence-electron chi connectivity index (χ1n) is 22.8. The highest BCUT2D eigenvalue weighted by molar-refractivity contribution is 5.98. The van der Waals surface area contributed by atoms with Crippen LogP contribution < -0.4 is 4.90 Å². The minimum Gasteiger partial charge on any atom is -0.310 e. The van der Waals surface area contributed by atoms with Gasteiger partial charge in [-0.1, -0.05) is 226 Å². The first-order valence-corrected chi connectivity index (χ1v) is 22.8. The van der Waals surface area contributed by atoms with Gasteiger partial charge < -0.3 is 4.90 Å². The highest BCUT2D eigenvalue weighted by atomic mass is 15.1. The fourth-order valence-corrected chi connectivity index (χ4v) is 11.2. The van der Waals surface area contributed by atoms with Crippen molar-refractivity contribution >= 4 is 17.1 Å². The van der Waals surface area contributed by atoms with Crippen LogP contribution in [-0.2, 0) is 10.8 Å². The normalized spacial score (nSPS) is 15.1. The summed E-state index contributed by atoms with van der Waals surface area (Å²) < 4.78 is 0. The number of hydrogen-bond donors (Lipinski definition) is 0. The summed E-state index contributed by atoms with van der Waals surface area (Å²) in [4.78, 5) is 2.51. The van der Waals surface area contributed by atoms with Gasteiger partial charge in [0.15, 0.2) is 0 Å². The Bertz CT molecular complexity index is 3390. The molecule has 1 atom stereocenters. The summed E-state index contributed by atoms with van der Waals surface area (Å²) in [6, 6.07) is 92.2. The van der Waals surface area contributed by atoms with Crippen molar-refractivity contribution in [3.05, 3.63) is 282 Å². The van der Waals surface area contributed by atoms with E-state index in [-0.39, 0.29) is 5.41 Å². The van der Waals surface area contributed by atoms with E-state index in [2.05, 4.69) is 267 Å². The zero-order valence-electron chi connectivity index (χ0n) is 36.6. The van der Waals surface area contributed by atoms with Crippen LogP contribution in [0, 0.1) is 0 Å². The molecular formula is C64H47N. The maximum absolute atomic E-state index is 2.52. The van der Waals surface area contributed by atoms with Gasteiger partial charge in [0.05, 0.1) is 11.1 Å². The Balaban J connectivity index is 1.17. The van der Waals surface area contributed by atoms with Crippen LogP contribution in [0.3, 0.4) is 0 Å². The van der Waals surface area contributed by atoms with Crippen molar-refractivity contribution in [2.24, 2.45) is 0 Å². The van der Waals surface area contributed by atoms with E-state index in [1.807, 2.05) is 0 Å². The van der Waals surface area contributed by atoms with E-state index in [9.17, 15) is 0 Å². The maximum Gasteiger partial charge on any atom is 0.0714 e. The number of para-hydroxylation sites is 1. The Morgan fingerprint density at radius 3 is 1.48 bits per heavy atom. The lowest BCUT2D eigenvalue weighted by molar-refractivity contribution is 0.660. The van der Waals surface area contributed by atoms with Crippen LogP contribution in [0.4, 0.5) is 17.1 Å². The molecule has 0 fully saturated rings. The summed E-state index contributed by atoms with van der Waals surface area (Å²) in [5, 5.41) is 0. The average molecular weight is 830 g/mol. The molecule has 0 aromatic heterocycles. The van der Waals surface area contributed by atoms with Gasteiger partial charge in [-0.2, -0.15) is 0 Å². The molecule has 0 radical (unpaired) electrons. The molecule has 2 aliphatic rings. The number of fused-ring (bicyclic) bond motifs is 6. The van der Waals surface area contributed by atoms with Crippen LogP contribution in [0.15, 0.2) is 249 Å². The summed E-state index contributed by atoms with van der Waals surface area (Å²) in [6.07, 6.45) is 0. The topological polar surface area (TPSA) is 3.24 Å². The maximum atomic E-state index is 2.52. The second-order valence-corrected chi connectivity index (χ2v) is 18.0. The predicted octanol–water partition coefficient (Wildman–Crippen LogP) is 16.8. The van der Waals surface area contributed by atoms with Crippen molar-refractivity contribution in [3.8, 4) is 55.6 Å². The number of hydrogen-bond acceptors (Lipinski definition) is 1. The zero-order chi connectivity index (χ0) is 43.5. The van der Waals surface area contributed by atoms with Crippen LogP contribution in [0.2, 0.25) is 0 Å². The molecule has 0 aliphatic heterocycles. The van der Waals surface area contributed by atoms with Crippen LogP contribution in [0.5, 0.6) is 0 Å². The molecule has 0 saturated carbocycles. The summed E-state index contributed by atoms with van der Waals surface area (Å²) in [5.41, 5.74) is 22.7. The minimum atomic E-state index is -0.649. The monoisotopic (exact) mass is 829 g/mol. The Labute approximate surface area is 382 Å². The minimum absolute atomic E-state index is 0.161. The number of anilines is 3. The van der Waals surface area contributed by atoms with Crippen molar-refractivity contribution in [1.82, 2.24) is 0 Å². The van der Waals surface area contributed by atoms with Gasteiger partial charge >= 0.3 is 0 Å². The lowest BCUT2D eigenvalue weighted by Gasteiger charge is -2.35. The molecule has 2 aliphatic carbocycles. The van der Waals surface area contributed by atoms with Gasteiger partial charge in [-0.3, -0.25) is 0 Å². The molecule has 0 amide bonds. The molecule has 10 aromatic carbocycles. The Hall–Kier alpha value is -8.00. The summed E-state index contributed by atoms with van der Waals surface area (Å²) in [5.74, 6) is 0. The molecule has 1 nitrogen and oxygen atoms in total. The third-order valence-corrected chi connectivity index (χ3v) is 14.2. The number of benzene rings is 10. The first-order chi connectivity index (χ1) is 32.0. The summed E-state index contributed by atoms with van der Waals surface area (Å²) in [6.45, 7) is 4.75. The molecule has 65 heavy (non-hydrogen) atoms. The van der Waals surface area contributed by atoms with Crippen molar-refractivity contribution in [2.75, 3.05) is 4.90 Å². The van der Waals surface area contributed by atoms with Gasteiger partial charge in [-0.25, -0.2) is 0 Å². The fourth-order valence-electron chi connectivity index (χ4n) is 11.2. The third-order valence-electron chi connectivity index (χ3n) is 14.2. The van der Waals surface area contributed by atoms with Gasteiger partial charge in [-0.05, 0) is 120 Å². The molecule has 0 saturated heterocycles. The Morgan fingerprint density at radius 1 is 0.292 bits per heavy atom. The lowest BCUT2D eigenvalue weighted by atomic mass is 9.67. The van der Waals surface area contributed by atoms with E-state index in [0.717, 1.165) is 17.1 Å². The van der Waals surface area contributed by atoms with E-state index < -0.39 is 5.41 Å². The molecule has 1 heteroatoms. The Kier molecular flexibility index (Phi) is 9.14. The SMILES string of the molecule is CC1(C)c2ccccc2-c2ccc(N(c3ccc4c(c3)C(c3ccccc3)(c3cccc(-c5ccccc5)c3)c3cccc(-c5ccccc5)c3-4)c3ccccc3-c3ccccc3)cc21. The number of nitrogens with zero attached hydrogens (tertiary/aromatic N) is 1. The van der Waals surface area contributed by atoms with Crippen LogP contribution in [0.25, 0.3) is 55.6 Å². The molecular weight excluding hydrogens is 783 g/mol. The van der Waals surface area contributed by atoms with Crippen LogP contribution in [-0.4, -0.2) is 0 Å². The van der Waals surface area contributed by atoms with Gasteiger partial charge in [0, 0.05) is 22.4 Å². The van der Waals surface area contributed by atoms with E-state index in [1.54, 1.807) is 0 Å². The molecule has 10 aromatic rings. The second-order valence-electron chi connectivity index (χ2n) is 18.0. The van der Waals surface area contributed by atoms with E-state index >= 15 is 0 Å². The van der Waals surface area contributed by atoms with Crippen molar-refractivity contribution < 1.29 is 0 Å². The summed E-state index contributed by atoms with van der Waals surface area (Å²) >= 11 is 0. The van der Waals surface area contributed by atoms with Crippen molar-refractivity contribution in [3.63, 3.8) is 0 Å². The highest BCUT2D eigenvalue weighted by Crippen LogP contribution is 2.60. The molecule has 0 spiro atoms. The molecule has 0 bridgehead atoms. The molecule has 12 rings (SSSR count). The van der Waals surface area contributed by atoms with E-state index in [1.165, 1.54) is 89.0 Å². The van der Waals surface area contributed by atoms with E-state index in [4.69, 9.17) is 0 Å². The average Bonchev–Trinajstić information content (AvgIpc) is 3.80. The smallest absolute Gasteiger partial charge is 0.0714 e. The zero-order valence-corrected chi connectivity index (χ0v) is 36.6. The fraction of sp³-hybridized carbons (Fsp3) is 0.0625. The largest absolute Gasteiger partial charge is 0.310 e. The van der Waals surface area contributed by atoms with Gasteiger partial charge in [0.25, 0.3) is 0 Å². The quantitative estimate of drug-likeness (QED) is 0.147. The van der Waals surface area contributed by atoms with E-state index in [0.29, 0.717) is 0 Å². The molecule has 0 N–H and O–H groups in total. The molecule has 308 valence electrons. The predicted molar refractivity (Wildman–Crippen MR) is 272 cm³/mol.